The van der Waals surface area contributed by atoms with E-state index in [2.05, 4.69) is 10.3 Å². The largest absolute Gasteiger partial charge is 0.484 e. The van der Waals surface area contributed by atoms with Gasteiger partial charge in [0.25, 0.3) is 0 Å². The van der Waals surface area contributed by atoms with Crippen LogP contribution >= 0.6 is 11.6 Å². The van der Waals surface area contributed by atoms with Gasteiger partial charge in [-0.1, -0.05) is 35.9 Å². The number of nitrogens with zero attached hydrogens (tertiary/aromatic N) is 2. The number of fused-ring (bicyclic) bond motifs is 1. The van der Waals surface area contributed by atoms with Crippen molar-refractivity contribution in [3.63, 3.8) is 0 Å². The van der Waals surface area contributed by atoms with Gasteiger partial charge in [0.2, 0.25) is 5.91 Å². The fourth-order valence-electron chi connectivity index (χ4n) is 2.72. The molecule has 0 spiro atoms. The maximum absolute atomic E-state index is 12.4. The van der Waals surface area contributed by atoms with E-state index in [1.807, 2.05) is 67.8 Å². The van der Waals surface area contributed by atoms with Gasteiger partial charge in [-0.15, -0.1) is 0 Å². The van der Waals surface area contributed by atoms with Gasteiger partial charge in [0.1, 0.15) is 24.7 Å². The summed E-state index contributed by atoms with van der Waals surface area (Å²) in [5.74, 6) is 1.20. The van der Waals surface area contributed by atoms with Crippen LogP contribution in [0.2, 0.25) is 5.02 Å². The van der Waals surface area contributed by atoms with E-state index in [1.165, 1.54) is 0 Å². The third-order valence-corrected chi connectivity index (χ3v) is 4.06. The molecular weight excluding hydrogens is 350 g/mol. The number of hydrogen-bond acceptors (Lipinski definition) is 3. The topological polar surface area (TPSA) is 56.2 Å². The lowest BCUT2D eigenvalue weighted by Gasteiger charge is -2.21. The van der Waals surface area contributed by atoms with Gasteiger partial charge in [0.15, 0.2) is 0 Å². The van der Waals surface area contributed by atoms with E-state index in [4.69, 9.17) is 16.3 Å². The Bertz CT molecular complexity index is 928. The number of imidazole rings is 1. The molecule has 5 nitrogen and oxygen atoms in total. The summed E-state index contributed by atoms with van der Waals surface area (Å²) in [6.45, 7) is 6.27. The number of hydrogen-bond donors (Lipinski definition) is 1. The van der Waals surface area contributed by atoms with Crippen molar-refractivity contribution < 1.29 is 9.53 Å². The van der Waals surface area contributed by atoms with Gasteiger partial charge in [-0.3, -0.25) is 4.79 Å². The summed E-state index contributed by atoms with van der Waals surface area (Å²) in [7, 11) is 0. The Morgan fingerprint density at radius 3 is 2.58 bits per heavy atom. The first kappa shape index (κ1) is 18.3. The normalized spacial score (nSPS) is 11.5. The number of carbonyl (C=O) groups excluding carboxylic acids is 1. The minimum atomic E-state index is -0.290. The van der Waals surface area contributed by atoms with E-state index in [0.717, 1.165) is 11.0 Å². The summed E-state index contributed by atoms with van der Waals surface area (Å²) in [4.78, 5) is 17.1. The molecule has 2 aromatic carbocycles. The van der Waals surface area contributed by atoms with Gasteiger partial charge in [-0.25, -0.2) is 4.98 Å². The van der Waals surface area contributed by atoms with Gasteiger partial charge in [-0.2, -0.15) is 0 Å². The lowest BCUT2D eigenvalue weighted by molar-refractivity contribution is -0.123. The monoisotopic (exact) mass is 371 g/mol. The maximum atomic E-state index is 12.4. The first-order valence-electron chi connectivity index (χ1n) is 8.46. The molecule has 3 aromatic rings. The molecule has 0 saturated carbocycles. The Hall–Kier alpha value is -2.53. The second kappa shape index (κ2) is 7.38. The van der Waals surface area contributed by atoms with E-state index in [9.17, 15) is 4.79 Å². The molecule has 1 aromatic heterocycles. The van der Waals surface area contributed by atoms with Crippen molar-refractivity contribution in [2.45, 2.75) is 39.5 Å². The van der Waals surface area contributed by atoms with Gasteiger partial charge in [0, 0.05) is 5.54 Å². The Labute approximate surface area is 157 Å². The molecule has 0 aliphatic rings. The molecule has 0 atom stereocenters. The van der Waals surface area contributed by atoms with Crippen LogP contribution in [0, 0.1) is 0 Å². The lowest BCUT2D eigenvalue weighted by Crippen LogP contribution is -2.42. The fraction of sp³-hybridized carbons (Fsp3) is 0.300. The van der Waals surface area contributed by atoms with Crippen LogP contribution in [-0.2, 0) is 17.9 Å². The first-order valence-corrected chi connectivity index (χ1v) is 8.84. The van der Waals surface area contributed by atoms with Crippen LogP contribution in [0.15, 0.2) is 48.5 Å². The summed E-state index contributed by atoms with van der Waals surface area (Å²) >= 11 is 6.15. The smallest absolute Gasteiger partial charge is 0.240 e. The molecule has 6 heteroatoms. The zero-order chi connectivity index (χ0) is 18.7. The van der Waals surface area contributed by atoms with Crippen LogP contribution < -0.4 is 10.1 Å². The van der Waals surface area contributed by atoms with Crippen LogP contribution in [0.4, 0.5) is 0 Å². The summed E-state index contributed by atoms with van der Waals surface area (Å²) in [5, 5.41) is 3.53. The van der Waals surface area contributed by atoms with Crippen molar-refractivity contribution in [3.8, 4) is 5.75 Å². The Morgan fingerprint density at radius 2 is 1.85 bits per heavy atom. The third-order valence-electron chi connectivity index (χ3n) is 3.74. The number of amides is 1. The van der Waals surface area contributed by atoms with Crippen LogP contribution in [0.3, 0.4) is 0 Å². The fourth-order valence-corrected chi connectivity index (χ4v) is 2.91. The quantitative estimate of drug-likeness (QED) is 0.731. The Morgan fingerprint density at radius 1 is 1.15 bits per heavy atom. The van der Waals surface area contributed by atoms with Crippen molar-refractivity contribution in [2.75, 3.05) is 0 Å². The molecule has 0 bridgehead atoms. The maximum Gasteiger partial charge on any atom is 0.240 e. The zero-order valence-electron chi connectivity index (χ0n) is 15.1. The molecule has 0 radical (unpaired) electrons. The highest BCUT2D eigenvalue weighted by Crippen LogP contribution is 2.25. The minimum absolute atomic E-state index is 0.0698. The lowest BCUT2D eigenvalue weighted by atomic mass is 10.1. The average molecular weight is 372 g/mol. The van der Waals surface area contributed by atoms with Gasteiger partial charge >= 0.3 is 0 Å². The number of rotatable bonds is 5. The Balaban J connectivity index is 1.87. The van der Waals surface area contributed by atoms with E-state index in [-0.39, 0.29) is 24.6 Å². The van der Waals surface area contributed by atoms with E-state index in [0.29, 0.717) is 16.6 Å². The van der Waals surface area contributed by atoms with Crippen molar-refractivity contribution >= 4 is 28.5 Å². The first-order chi connectivity index (χ1) is 12.3. The van der Waals surface area contributed by atoms with E-state index < -0.39 is 0 Å². The number of para-hydroxylation sites is 3. The highest BCUT2D eigenvalue weighted by molar-refractivity contribution is 6.32. The van der Waals surface area contributed by atoms with Crippen molar-refractivity contribution in [3.05, 3.63) is 59.4 Å². The SMILES string of the molecule is CC(C)(C)NC(=O)Cn1c(COc2ccccc2Cl)nc2ccccc21. The molecule has 26 heavy (non-hydrogen) atoms. The highest BCUT2D eigenvalue weighted by atomic mass is 35.5. The number of nitrogens with one attached hydrogen (secondary N) is 1. The molecule has 136 valence electrons. The zero-order valence-corrected chi connectivity index (χ0v) is 15.9. The predicted octanol–water partition coefficient (Wildman–Crippen LogP) is 4.18. The van der Waals surface area contributed by atoms with Crippen molar-refractivity contribution in [1.82, 2.24) is 14.9 Å². The number of carbonyl (C=O) groups is 1. The summed E-state index contributed by atoms with van der Waals surface area (Å²) in [6.07, 6.45) is 0. The molecule has 1 N–H and O–H groups in total. The number of benzene rings is 2. The van der Waals surface area contributed by atoms with E-state index >= 15 is 0 Å². The van der Waals surface area contributed by atoms with Crippen LogP contribution in [0.25, 0.3) is 11.0 Å². The molecule has 1 heterocycles. The molecular formula is C20H22ClN3O2. The Kier molecular flexibility index (Phi) is 5.18. The number of aromatic nitrogens is 2. The van der Waals surface area contributed by atoms with Crippen LogP contribution in [0.1, 0.15) is 26.6 Å². The molecule has 0 saturated heterocycles. The van der Waals surface area contributed by atoms with Crippen LogP contribution in [-0.4, -0.2) is 21.0 Å². The predicted molar refractivity (Wildman–Crippen MR) is 103 cm³/mol. The second-order valence-corrected chi connectivity index (χ2v) is 7.53. The number of halogens is 1. The summed E-state index contributed by atoms with van der Waals surface area (Å²) < 4.78 is 7.71. The average Bonchev–Trinajstić information content (AvgIpc) is 2.90. The molecule has 0 aliphatic carbocycles. The molecule has 0 aliphatic heterocycles. The molecule has 1 amide bonds. The van der Waals surface area contributed by atoms with Crippen molar-refractivity contribution in [1.29, 1.82) is 0 Å². The summed E-state index contributed by atoms with van der Waals surface area (Å²) in [5.41, 5.74) is 1.44. The van der Waals surface area contributed by atoms with Gasteiger partial charge in [0.05, 0.1) is 16.1 Å². The van der Waals surface area contributed by atoms with E-state index in [1.54, 1.807) is 6.07 Å². The molecule has 0 fully saturated rings. The van der Waals surface area contributed by atoms with Gasteiger partial charge < -0.3 is 14.6 Å². The second-order valence-electron chi connectivity index (χ2n) is 7.12. The minimum Gasteiger partial charge on any atom is -0.484 e. The summed E-state index contributed by atoms with van der Waals surface area (Å²) in [6, 6.07) is 15.0. The number of ether oxygens (including phenoxy) is 1. The van der Waals surface area contributed by atoms with Gasteiger partial charge in [-0.05, 0) is 45.0 Å². The molecule has 3 rings (SSSR count). The molecule has 0 unspecified atom stereocenters. The van der Waals surface area contributed by atoms with Crippen molar-refractivity contribution in [2.24, 2.45) is 0 Å². The van der Waals surface area contributed by atoms with Crippen LogP contribution in [0.5, 0.6) is 5.75 Å². The third kappa shape index (κ3) is 4.35. The highest BCUT2D eigenvalue weighted by Gasteiger charge is 2.18. The standard InChI is InChI=1S/C20H22ClN3O2/c1-20(2,3)23-19(25)12-24-16-10-6-5-9-15(16)22-18(24)13-26-17-11-7-4-8-14(17)21/h4-11H,12-13H2,1-3H3,(H,23,25).